The third kappa shape index (κ3) is 4.38. The molecule has 0 radical (unpaired) electrons. The fraction of sp³-hybridized carbons (Fsp3) is 0.857. The zero-order valence-electron chi connectivity index (χ0n) is 11.9. The van der Waals surface area contributed by atoms with Crippen LogP contribution in [0.2, 0.25) is 0 Å². The van der Waals surface area contributed by atoms with Crippen molar-refractivity contribution in [1.82, 2.24) is 10.2 Å². The zero-order chi connectivity index (χ0) is 13.2. The summed E-state index contributed by atoms with van der Waals surface area (Å²) in [5, 5.41) is 3.71. The fourth-order valence-electron chi connectivity index (χ4n) is 2.47. The molecule has 0 aromatic rings. The van der Waals surface area contributed by atoms with E-state index in [2.05, 4.69) is 67.3 Å². The van der Waals surface area contributed by atoms with E-state index >= 15 is 0 Å². The minimum Gasteiger partial charge on any atom is -0.311 e. The smallest absolute Gasteiger partial charge is 0.0298 e. The maximum atomic E-state index is 3.98. The standard InChI is InChI=1S/C14H27BrN2/c1-10(2)12-7-16-13(14(4,5)6)9-17(12)8-11(3)15/h10,12-13,16H,3,7-9H2,1-2,4-6H3. The van der Waals surface area contributed by atoms with Gasteiger partial charge in [0.15, 0.2) is 0 Å². The van der Waals surface area contributed by atoms with Gasteiger partial charge in [0.1, 0.15) is 0 Å². The minimum atomic E-state index is 0.313. The molecule has 0 spiro atoms. The summed E-state index contributed by atoms with van der Waals surface area (Å²) in [5.41, 5.74) is 0.313. The summed E-state index contributed by atoms with van der Waals surface area (Å²) in [6.07, 6.45) is 0. The zero-order valence-corrected chi connectivity index (χ0v) is 13.5. The average molecular weight is 303 g/mol. The van der Waals surface area contributed by atoms with Gasteiger partial charge in [-0.05, 0) is 11.3 Å². The molecule has 0 bridgehead atoms. The van der Waals surface area contributed by atoms with Gasteiger partial charge >= 0.3 is 0 Å². The van der Waals surface area contributed by atoms with Gasteiger partial charge in [-0.15, -0.1) is 0 Å². The predicted molar refractivity (Wildman–Crippen MR) is 79.5 cm³/mol. The third-order valence-corrected chi connectivity index (χ3v) is 3.90. The van der Waals surface area contributed by atoms with E-state index in [0.29, 0.717) is 23.4 Å². The first kappa shape index (κ1) is 15.2. The molecule has 1 saturated heterocycles. The Balaban J connectivity index is 2.73. The molecule has 0 saturated carbocycles. The predicted octanol–water partition coefficient (Wildman–Crippen LogP) is 3.24. The van der Waals surface area contributed by atoms with E-state index in [0.717, 1.165) is 24.1 Å². The second-order valence-electron chi connectivity index (χ2n) is 6.58. The Morgan fingerprint density at radius 3 is 2.47 bits per heavy atom. The summed E-state index contributed by atoms with van der Waals surface area (Å²) in [6, 6.07) is 1.17. The number of nitrogens with one attached hydrogen (secondary N) is 1. The third-order valence-electron chi connectivity index (χ3n) is 3.65. The van der Waals surface area contributed by atoms with Crippen LogP contribution in [0, 0.1) is 11.3 Å². The van der Waals surface area contributed by atoms with E-state index in [1.54, 1.807) is 0 Å². The second kappa shape index (κ2) is 5.85. The van der Waals surface area contributed by atoms with Crippen LogP contribution in [0.25, 0.3) is 0 Å². The molecule has 1 aliphatic rings. The van der Waals surface area contributed by atoms with Gasteiger partial charge in [0.2, 0.25) is 0 Å². The van der Waals surface area contributed by atoms with Crippen LogP contribution >= 0.6 is 15.9 Å². The van der Waals surface area contributed by atoms with E-state index in [1.165, 1.54) is 0 Å². The molecule has 0 aromatic carbocycles. The molecule has 0 amide bonds. The number of piperazine rings is 1. The molecule has 0 aromatic heterocycles. The highest BCUT2D eigenvalue weighted by atomic mass is 79.9. The summed E-state index contributed by atoms with van der Waals surface area (Å²) in [7, 11) is 0. The molecular weight excluding hydrogens is 276 g/mol. The van der Waals surface area contributed by atoms with Crippen molar-refractivity contribution in [3.8, 4) is 0 Å². The summed E-state index contributed by atoms with van der Waals surface area (Å²) < 4.78 is 1.08. The van der Waals surface area contributed by atoms with Crippen molar-refractivity contribution in [2.75, 3.05) is 19.6 Å². The molecule has 100 valence electrons. The first-order chi connectivity index (χ1) is 7.71. The molecule has 1 N–H and O–H groups in total. The van der Waals surface area contributed by atoms with Gasteiger partial charge in [-0.25, -0.2) is 0 Å². The van der Waals surface area contributed by atoms with Crippen molar-refractivity contribution >= 4 is 15.9 Å². The van der Waals surface area contributed by atoms with E-state index in [4.69, 9.17) is 0 Å². The lowest BCUT2D eigenvalue weighted by atomic mass is 9.83. The first-order valence-electron chi connectivity index (χ1n) is 6.52. The van der Waals surface area contributed by atoms with Crippen LogP contribution in [0.5, 0.6) is 0 Å². The van der Waals surface area contributed by atoms with Crippen LogP contribution in [0.15, 0.2) is 11.1 Å². The molecule has 1 rings (SSSR count). The lowest BCUT2D eigenvalue weighted by Gasteiger charge is -2.46. The Morgan fingerprint density at radius 2 is 2.06 bits per heavy atom. The summed E-state index contributed by atoms with van der Waals surface area (Å²) >= 11 is 3.50. The molecule has 1 fully saturated rings. The van der Waals surface area contributed by atoms with E-state index in [-0.39, 0.29) is 0 Å². The molecule has 2 unspecified atom stereocenters. The van der Waals surface area contributed by atoms with Crippen molar-refractivity contribution in [2.24, 2.45) is 11.3 Å². The van der Waals surface area contributed by atoms with Crippen molar-refractivity contribution < 1.29 is 0 Å². The topological polar surface area (TPSA) is 15.3 Å². The molecule has 2 nitrogen and oxygen atoms in total. The van der Waals surface area contributed by atoms with Crippen LogP contribution in [-0.4, -0.2) is 36.6 Å². The fourth-order valence-corrected chi connectivity index (χ4v) is 2.79. The van der Waals surface area contributed by atoms with Crippen LogP contribution in [0.4, 0.5) is 0 Å². The van der Waals surface area contributed by atoms with Crippen molar-refractivity contribution in [3.05, 3.63) is 11.1 Å². The Hall–Kier alpha value is 0.140. The molecule has 0 aliphatic carbocycles. The summed E-state index contributed by atoms with van der Waals surface area (Å²) in [5.74, 6) is 0.676. The highest BCUT2D eigenvalue weighted by Crippen LogP contribution is 2.26. The van der Waals surface area contributed by atoms with E-state index in [9.17, 15) is 0 Å². The van der Waals surface area contributed by atoms with Gasteiger partial charge in [0.25, 0.3) is 0 Å². The van der Waals surface area contributed by atoms with Crippen molar-refractivity contribution in [2.45, 2.75) is 46.7 Å². The normalized spacial score (nSPS) is 27.5. The SMILES string of the molecule is C=C(Br)CN1CC(C(C)(C)C)NCC1C(C)C. The Labute approximate surface area is 115 Å². The van der Waals surface area contributed by atoms with Gasteiger partial charge in [-0.3, -0.25) is 4.90 Å². The van der Waals surface area contributed by atoms with Gasteiger partial charge in [0, 0.05) is 36.2 Å². The quantitative estimate of drug-likeness (QED) is 0.861. The highest BCUT2D eigenvalue weighted by Gasteiger charge is 2.34. The van der Waals surface area contributed by atoms with Crippen LogP contribution in [-0.2, 0) is 0 Å². The lowest BCUT2D eigenvalue weighted by molar-refractivity contribution is 0.0726. The van der Waals surface area contributed by atoms with E-state index in [1.807, 2.05) is 0 Å². The van der Waals surface area contributed by atoms with Crippen LogP contribution in [0.1, 0.15) is 34.6 Å². The second-order valence-corrected chi connectivity index (χ2v) is 7.71. The molecule has 1 heterocycles. The molecule has 17 heavy (non-hydrogen) atoms. The first-order valence-corrected chi connectivity index (χ1v) is 7.32. The Morgan fingerprint density at radius 1 is 1.47 bits per heavy atom. The number of hydrogen-bond acceptors (Lipinski definition) is 2. The van der Waals surface area contributed by atoms with E-state index < -0.39 is 0 Å². The maximum Gasteiger partial charge on any atom is 0.0298 e. The molecule has 2 atom stereocenters. The monoisotopic (exact) mass is 302 g/mol. The highest BCUT2D eigenvalue weighted by molar-refractivity contribution is 9.11. The van der Waals surface area contributed by atoms with Crippen LogP contribution in [0.3, 0.4) is 0 Å². The maximum absolute atomic E-state index is 3.98. The lowest BCUT2D eigenvalue weighted by Crippen LogP contribution is -2.61. The largest absolute Gasteiger partial charge is 0.311 e. The minimum absolute atomic E-state index is 0.313. The van der Waals surface area contributed by atoms with Gasteiger partial charge < -0.3 is 5.32 Å². The van der Waals surface area contributed by atoms with Crippen molar-refractivity contribution in [1.29, 1.82) is 0 Å². The Kier molecular flexibility index (Phi) is 5.23. The van der Waals surface area contributed by atoms with Gasteiger partial charge in [0.05, 0.1) is 0 Å². The number of hydrogen-bond donors (Lipinski definition) is 1. The molecular formula is C14H27BrN2. The average Bonchev–Trinajstić information content (AvgIpc) is 2.14. The summed E-state index contributed by atoms with van der Waals surface area (Å²) in [4.78, 5) is 2.56. The molecule has 3 heteroatoms. The summed E-state index contributed by atoms with van der Waals surface area (Å²) in [6.45, 7) is 18.7. The Bertz CT molecular complexity index is 268. The van der Waals surface area contributed by atoms with Crippen LogP contribution < -0.4 is 5.32 Å². The molecule has 1 aliphatic heterocycles. The van der Waals surface area contributed by atoms with Gasteiger partial charge in [-0.2, -0.15) is 0 Å². The number of nitrogens with zero attached hydrogens (tertiary/aromatic N) is 1. The number of rotatable bonds is 3. The van der Waals surface area contributed by atoms with Gasteiger partial charge in [-0.1, -0.05) is 57.1 Å². The van der Waals surface area contributed by atoms with Crippen molar-refractivity contribution in [3.63, 3.8) is 0 Å². The number of halogens is 1.